The molecule has 0 spiro atoms. The number of fused-ring (bicyclic) bond motifs is 2. The molecule has 3 atom stereocenters. The van der Waals surface area contributed by atoms with Crippen LogP contribution in [0.5, 0.6) is 0 Å². The number of hydrogen-bond donors (Lipinski definition) is 1. The molecule has 1 aromatic rings. The zero-order chi connectivity index (χ0) is 20.4. The molecule has 1 amide bonds. The summed E-state index contributed by atoms with van der Waals surface area (Å²) in [5.74, 6) is 1.09. The smallest absolute Gasteiger partial charge is 0.306 e. The molecule has 29 heavy (non-hydrogen) atoms. The van der Waals surface area contributed by atoms with Gasteiger partial charge in [-0.1, -0.05) is 6.42 Å². The van der Waals surface area contributed by atoms with E-state index < -0.39 is 15.9 Å². The van der Waals surface area contributed by atoms with Crippen molar-refractivity contribution in [3.05, 3.63) is 24.3 Å². The number of benzene rings is 1. The maximum Gasteiger partial charge on any atom is 0.306 e. The lowest BCUT2D eigenvalue weighted by Gasteiger charge is -2.20. The van der Waals surface area contributed by atoms with E-state index >= 15 is 0 Å². The van der Waals surface area contributed by atoms with E-state index in [4.69, 9.17) is 4.74 Å². The number of esters is 1. The van der Waals surface area contributed by atoms with Gasteiger partial charge in [-0.2, -0.15) is 4.31 Å². The fraction of sp³-hybridized carbons (Fsp3) is 0.619. The maximum absolute atomic E-state index is 12.5. The van der Waals surface area contributed by atoms with Crippen molar-refractivity contribution in [2.45, 2.75) is 49.8 Å². The molecule has 7 nitrogen and oxygen atoms in total. The molecule has 4 rings (SSSR count). The van der Waals surface area contributed by atoms with Gasteiger partial charge in [-0.3, -0.25) is 9.59 Å². The van der Waals surface area contributed by atoms with E-state index in [0.717, 1.165) is 25.2 Å². The summed E-state index contributed by atoms with van der Waals surface area (Å²) in [4.78, 5) is 24.3. The minimum absolute atomic E-state index is 0.217. The van der Waals surface area contributed by atoms with Gasteiger partial charge in [0.1, 0.15) is 0 Å². The van der Waals surface area contributed by atoms with Crippen molar-refractivity contribution in [1.29, 1.82) is 0 Å². The third-order valence-electron chi connectivity index (χ3n) is 6.52. The minimum atomic E-state index is -3.47. The predicted octanol–water partition coefficient (Wildman–Crippen LogP) is 2.78. The van der Waals surface area contributed by atoms with Gasteiger partial charge in [-0.25, -0.2) is 8.42 Å². The van der Waals surface area contributed by atoms with Gasteiger partial charge < -0.3 is 10.1 Å². The first-order chi connectivity index (χ1) is 13.9. The lowest BCUT2D eigenvalue weighted by atomic mass is 9.86. The highest BCUT2D eigenvalue weighted by Crippen LogP contribution is 2.49. The second-order valence-electron chi connectivity index (χ2n) is 8.48. The number of sulfonamides is 1. The van der Waals surface area contributed by atoms with Gasteiger partial charge in [0.15, 0.2) is 6.61 Å². The second kappa shape index (κ2) is 8.44. The third-order valence-corrected chi connectivity index (χ3v) is 8.43. The fourth-order valence-electron chi connectivity index (χ4n) is 5.03. The molecular weight excluding hydrogens is 392 g/mol. The highest BCUT2D eigenvalue weighted by atomic mass is 32.2. The van der Waals surface area contributed by atoms with Gasteiger partial charge in [-0.15, -0.1) is 0 Å². The van der Waals surface area contributed by atoms with Crippen LogP contribution >= 0.6 is 0 Å². The zero-order valence-electron chi connectivity index (χ0n) is 16.5. The largest absolute Gasteiger partial charge is 0.456 e. The molecule has 2 aliphatic carbocycles. The Morgan fingerprint density at radius 1 is 1.07 bits per heavy atom. The molecule has 0 aromatic heterocycles. The van der Waals surface area contributed by atoms with Crippen LogP contribution < -0.4 is 5.32 Å². The molecule has 8 heteroatoms. The number of nitrogens with zero attached hydrogens (tertiary/aromatic N) is 1. The van der Waals surface area contributed by atoms with Crippen molar-refractivity contribution in [1.82, 2.24) is 4.31 Å². The number of carbonyl (C=O) groups excluding carboxylic acids is 2. The van der Waals surface area contributed by atoms with Crippen molar-refractivity contribution in [2.75, 3.05) is 25.0 Å². The van der Waals surface area contributed by atoms with Crippen molar-refractivity contribution in [3.63, 3.8) is 0 Å². The molecule has 2 saturated carbocycles. The Bertz CT molecular complexity index is 862. The summed E-state index contributed by atoms with van der Waals surface area (Å²) in [6.45, 7) is 0.774. The average molecular weight is 421 g/mol. The van der Waals surface area contributed by atoms with Gasteiger partial charge >= 0.3 is 5.97 Å². The Morgan fingerprint density at radius 3 is 2.41 bits per heavy atom. The molecule has 1 N–H and O–H groups in total. The summed E-state index contributed by atoms with van der Waals surface area (Å²) in [6, 6.07) is 6.09. The van der Waals surface area contributed by atoms with E-state index in [1.807, 2.05) is 0 Å². The van der Waals surface area contributed by atoms with Crippen LogP contribution in [-0.2, 0) is 24.3 Å². The number of carbonyl (C=O) groups is 2. The minimum Gasteiger partial charge on any atom is -0.456 e. The van der Waals surface area contributed by atoms with Crippen molar-refractivity contribution < 1.29 is 22.7 Å². The molecule has 1 heterocycles. The molecule has 1 saturated heterocycles. The Labute approximate surface area is 171 Å². The first kappa shape index (κ1) is 20.3. The quantitative estimate of drug-likeness (QED) is 0.685. The number of amides is 1. The van der Waals surface area contributed by atoms with E-state index in [1.165, 1.54) is 35.7 Å². The Kier molecular flexibility index (Phi) is 5.92. The number of ether oxygens (including phenoxy) is 1. The predicted molar refractivity (Wildman–Crippen MR) is 108 cm³/mol. The van der Waals surface area contributed by atoms with Crippen LogP contribution in [0.2, 0.25) is 0 Å². The van der Waals surface area contributed by atoms with Crippen LogP contribution in [0.4, 0.5) is 5.69 Å². The zero-order valence-corrected chi connectivity index (χ0v) is 17.3. The number of hydrogen-bond acceptors (Lipinski definition) is 5. The monoisotopic (exact) mass is 420 g/mol. The van der Waals surface area contributed by atoms with Gasteiger partial charge in [-0.05, 0) is 74.1 Å². The highest BCUT2D eigenvalue weighted by Gasteiger charge is 2.40. The normalized spacial score (nSPS) is 26.6. The number of nitrogens with one attached hydrogen (secondary N) is 1. The van der Waals surface area contributed by atoms with Gasteiger partial charge in [0.25, 0.3) is 5.91 Å². The SMILES string of the molecule is O=C(COC(=O)C[C@H]1C[C@@H]2CC[C@@H]1C2)Nc1ccc(S(=O)(=O)N2CCCC2)cc1. The average Bonchev–Trinajstić information content (AvgIpc) is 3.45. The summed E-state index contributed by atoms with van der Waals surface area (Å²) in [7, 11) is -3.47. The summed E-state index contributed by atoms with van der Waals surface area (Å²) in [5.41, 5.74) is 0.472. The van der Waals surface area contributed by atoms with Gasteiger partial charge in [0, 0.05) is 25.2 Å². The van der Waals surface area contributed by atoms with Crippen molar-refractivity contribution >= 4 is 27.6 Å². The summed E-state index contributed by atoms with van der Waals surface area (Å²) in [5, 5.41) is 2.64. The van der Waals surface area contributed by atoms with Crippen LogP contribution in [0.3, 0.4) is 0 Å². The van der Waals surface area contributed by atoms with E-state index in [1.54, 1.807) is 12.1 Å². The molecule has 1 aliphatic heterocycles. The first-order valence-corrected chi connectivity index (χ1v) is 11.9. The van der Waals surface area contributed by atoms with Crippen LogP contribution in [0, 0.1) is 17.8 Å². The van der Waals surface area contributed by atoms with E-state index in [9.17, 15) is 18.0 Å². The lowest BCUT2D eigenvalue weighted by Crippen LogP contribution is -2.27. The second-order valence-corrected chi connectivity index (χ2v) is 10.4. The number of rotatable bonds is 7. The van der Waals surface area contributed by atoms with E-state index in [-0.39, 0.29) is 17.5 Å². The summed E-state index contributed by atoms with van der Waals surface area (Å²) in [6.07, 6.45) is 7.02. The molecular formula is C21H28N2O5S. The maximum atomic E-state index is 12.5. The standard InChI is InChI=1S/C21H28N2O5S/c24-20(14-28-21(25)13-17-12-15-3-4-16(17)11-15)22-18-5-7-19(8-6-18)29(26,27)23-9-1-2-10-23/h5-8,15-17H,1-4,9-14H2,(H,22,24)/t15-,16-,17-/m1/s1. The van der Waals surface area contributed by atoms with Crippen LogP contribution in [-0.4, -0.2) is 44.3 Å². The Hall–Kier alpha value is -1.93. The molecule has 3 fully saturated rings. The molecule has 0 unspecified atom stereocenters. The van der Waals surface area contributed by atoms with Crippen LogP contribution in [0.1, 0.15) is 44.9 Å². The van der Waals surface area contributed by atoms with E-state index in [2.05, 4.69) is 5.32 Å². The lowest BCUT2D eigenvalue weighted by molar-refractivity contribution is -0.148. The van der Waals surface area contributed by atoms with Crippen LogP contribution in [0.15, 0.2) is 29.2 Å². The number of anilines is 1. The van der Waals surface area contributed by atoms with Gasteiger partial charge in [0.2, 0.25) is 10.0 Å². The molecule has 0 radical (unpaired) electrons. The van der Waals surface area contributed by atoms with E-state index in [0.29, 0.717) is 37.0 Å². The summed E-state index contributed by atoms with van der Waals surface area (Å²) >= 11 is 0. The fourth-order valence-corrected chi connectivity index (χ4v) is 6.55. The Balaban J connectivity index is 1.23. The van der Waals surface area contributed by atoms with Gasteiger partial charge in [0.05, 0.1) is 4.90 Å². The third kappa shape index (κ3) is 4.64. The first-order valence-electron chi connectivity index (χ1n) is 10.5. The molecule has 3 aliphatic rings. The topological polar surface area (TPSA) is 92.8 Å². The molecule has 1 aromatic carbocycles. The molecule has 158 valence electrons. The summed E-state index contributed by atoms with van der Waals surface area (Å²) < 4.78 is 31.7. The van der Waals surface area contributed by atoms with Crippen LogP contribution in [0.25, 0.3) is 0 Å². The Morgan fingerprint density at radius 2 is 1.79 bits per heavy atom. The van der Waals surface area contributed by atoms with Crippen molar-refractivity contribution in [2.24, 2.45) is 17.8 Å². The highest BCUT2D eigenvalue weighted by molar-refractivity contribution is 7.89. The molecule has 2 bridgehead atoms. The van der Waals surface area contributed by atoms with Crippen molar-refractivity contribution in [3.8, 4) is 0 Å².